The summed E-state index contributed by atoms with van der Waals surface area (Å²) >= 11 is 0. The lowest BCUT2D eigenvalue weighted by Gasteiger charge is -2.12. The Hall–Kier alpha value is -6.85. The molecule has 0 atom stereocenters. The molecule has 0 aliphatic rings. The van der Waals surface area contributed by atoms with Gasteiger partial charge < -0.3 is 9.13 Å². The van der Waals surface area contributed by atoms with Gasteiger partial charge in [0.2, 0.25) is 0 Å². The quantitative estimate of drug-likeness (QED) is 0.186. The maximum atomic E-state index is 5.04. The normalized spacial score (nSPS) is 11.6. The van der Waals surface area contributed by atoms with E-state index in [1.165, 1.54) is 32.6 Å². The second-order valence-corrected chi connectivity index (χ2v) is 13.0. The van der Waals surface area contributed by atoms with Gasteiger partial charge in [-0.25, -0.2) is 15.0 Å². The lowest BCUT2D eigenvalue weighted by atomic mass is 10.1. The fourth-order valence-electron chi connectivity index (χ4n) is 7.50. The molecule has 0 unspecified atom stereocenters. The van der Waals surface area contributed by atoms with Gasteiger partial charge in [-0.2, -0.15) is 0 Å². The molecule has 3 heterocycles. The first kappa shape index (κ1) is 29.1. The molecule has 0 amide bonds. The van der Waals surface area contributed by atoms with Crippen LogP contribution in [0.4, 0.5) is 0 Å². The first-order chi connectivity index (χ1) is 25.2. The molecule has 10 aromatic rings. The second kappa shape index (κ2) is 11.6. The molecule has 240 valence electrons. The molecule has 0 N–H and O–H groups in total. The fourth-order valence-corrected chi connectivity index (χ4v) is 7.50. The summed E-state index contributed by atoms with van der Waals surface area (Å²) in [5.41, 5.74) is 10.9. The highest BCUT2D eigenvalue weighted by atomic mass is 15.0. The first-order valence-electron chi connectivity index (χ1n) is 17.2. The van der Waals surface area contributed by atoms with Crippen molar-refractivity contribution >= 4 is 43.6 Å². The maximum Gasteiger partial charge on any atom is 0.164 e. The Kier molecular flexibility index (Phi) is 6.64. The molecule has 5 nitrogen and oxygen atoms in total. The van der Waals surface area contributed by atoms with Crippen LogP contribution in [0.1, 0.15) is 5.56 Å². The molecule has 51 heavy (non-hydrogen) atoms. The van der Waals surface area contributed by atoms with Gasteiger partial charge in [0, 0.05) is 49.6 Å². The van der Waals surface area contributed by atoms with E-state index in [9.17, 15) is 0 Å². The van der Waals surface area contributed by atoms with E-state index in [4.69, 9.17) is 15.0 Å². The van der Waals surface area contributed by atoms with Crippen molar-refractivity contribution in [3.05, 3.63) is 175 Å². The summed E-state index contributed by atoms with van der Waals surface area (Å²) in [5, 5.41) is 4.91. The van der Waals surface area contributed by atoms with Crippen molar-refractivity contribution < 1.29 is 0 Å². The Morgan fingerprint density at radius 2 is 0.784 bits per heavy atom. The number of aromatic nitrogens is 5. The van der Waals surface area contributed by atoms with Crippen LogP contribution >= 0.6 is 0 Å². The zero-order valence-corrected chi connectivity index (χ0v) is 27.9. The zero-order chi connectivity index (χ0) is 33.9. The van der Waals surface area contributed by atoms with Crippen LogP contribution in [0.25, 0.3) is 89.2 Å². The van der Waals surface area contributed by atoms with Gasteiger partial charge in [0.05, 0.1) is 22.1 Å². The molecular weight excluding hydrogens is 623 g/mol. The van der Waals surface area contributed by atoms with E-state index >= 15 is 0 Å². The van der Waals surface area contributed by atoms with Crippen LogP contribution in [0.3, 0.4) is 0 Å². The Morgan fingerprint density at radius 3 is 1.39 bits per heavy atom. The summed E-state index contributed by atoms with van der Waals surface area (Å²) < 4.78 is 4.73. The van der Waals surface area contributed by atoms with Crippen molar-refractivity contribution in [3.63, 3.8) is 0 Å². The van der Waals surface area contributed by atoms with Crippen molar-refractivity contribution in [1.82, 2.24) is 24.1 Å². The highest BCUT2D eigenvalue weighted by Crippen LogP contribution is 2.37. The lowest BCUT2D eigenvalue weighted by molar-refractivity contribution is 1.07. The van der Waals surface area contributed by atoms with Crippen molar-refractivity contribution in [3.8, 4) is 45.5 Å². The number of benzene rings is 7. The highest BCUT2D eigenvalue weighted by molar-refractivity contribution is 6.12. The van der Waals surface area contributed by atoms with Crippen molar-refractivity contribution in [2.45, 2.75) is 6.92 Å². The average Bonchev–Trinajstić information content (AvgIpc) is 3.71. The van der Waals surface area contributed by atoms with E-state index in [2.05, 4.69) is 150 Å². The molecule has 10 rings (SSSR count). The molecule has 0 aliphatic heterocycles. The Morgan fingerprint density at radius 1 is 0.333 bits per heavy atom. The summed E-state index contributed by atoms with van der Waals surface area (Å²) in [6, 6.07) is 59.8. The standard InChI is InChI=1S/C46H31N5/c1-30-13-11-16-32(27-30)45-47-44(31-14-3-2-4-15-31)48-46(49-45)33-17-12-18-34(28-33)50-42-24-10-7-21-38(42)39-29-35(25-26-43(39)50)51-40-22-8-5-19-36(40)37-20-6-9-23-41(37)51/h2-29H,1H3. The molecule has 0 saturated carbocycles. The molecule has 7 aromatic carbocycles. The third kappa shape index (κ3) is 4.82. The van der Waals surface area contributed by atoms with Crippen LogP contribution < -0.4 is 0 Å². The number of hydrogen-bond donors (Lipinski definition) is 0. The van der Waals surface area contributed by atoms with Crippen molar-refractivity contribution in [2.24, 2.45) is 0 Å². The number of fused-ring (bicyclic) bond motifs is 6. The molecule has 0 saturated heterocycles. The minimum atomic E-state index is 0.636. The topological polar surface area (TPSA) is 48.5 Å². The van der Waals surface area contributed by atoms with Crippen LogP contribution in [0, 0.1) is 6.92 Å². The van der Waals surface area contributed by atoms with Gasteiger partial charge in [0.25, 0.3) is 0 Å². The van der Waals surface area contributed by atoms with Crippen LogP contribution in [-0.2, 0) is 0 Å². The van der Waals surface area contributed by atoms with Gasteiger partial charge in [-0.15, -0.1) is 0 Å². The molecule has 0 radical (unpaired) electrons. The molecule has 0 spiro atoms. The summed E-state index contributed by atoms with van der Waals surface area (Å²) in [6.45, 7) is 2.09. The highest BCUT2D eigenvalue weighted by Gasteiger charge is 2.18. The number of nitrogens with zero attached hydrogens (tertiary/aromatic N) is 5. The maximum absolute atomic E-state index is 5.04. The second-order valence-electron chi connectivity index (χ2n) is 13.0. The van der Waals surface area contributed by atoms with E-state index in [1.807, 2.05) is 36.4 Å². The van der Waals surface area contributed by atoms with E-state index < -0.39 is 0 Å². The van der Waals surface area contributed by atoms with Crippen LogP contribution in [0.2, 0.25) is 0 Å². The fraction of sp³-hybridized carbons (Fsp3) is 0.0217. The summed E-state index contributed by atoms with van der Waals surface area (Å²) in [6.07, 6.45) is 0. The van der Waals surface area contributed by atoms with Crippen LogP contribution in [0.5, 0.6) is 0 Å². The SMILES string of the molecule is Cc1cccc(-c2nc(-c3ccccc3)nc(-c3cccc(-n4c5ccccc5c5cc(-n6c7ccccc7c7ccccc76)ccc54)c3)n2)c1. The van der Waals surface area contributed by atoms with Gasteiger partial charge in [-0.1, -0.05) is 121 Å². The van der Waals surface area contributed by atoms with E-state index in [-0.39, 0.29) is 0 Å². The molecule has 0 aliphatic carbocycles. The number of rotatable bonds is 5. The summed E-state index contributed by atoms with van der Waals surface area (Å²) in [5.74, 6) is 1.94. The van der Waals surface area contributed by atoms with Gasteiger partial charge in [0.1, 0.15) is 0 Å². The van der Waals surface area contributed by atoms with Gasteiger partial charge in [0.15, 0.2) is 17.5 Å². The minimum absolute atomic E-state index is 0.636. The number of hydrogen-bond acceptors (Lipinski definition) is 3. The minimum Gasteiger partial charge on any atom is -0.309 e. The molecule has 5 heteroatoms. The molecule has 0 bridgehead atoms. The smallest absolute Gasteiger partial charge is 0.164 e. The van der Waals surface area contributed by atoms with Crippen molar-refractivity contribution in [2.75, 3.05) is 0 Å². The largest absolute Gasteiger partial charge is 0.309 e. The summed E-state index contributed by atoms with van der Waals surface area (Å²) in [4.78, 5) is 15.0. The Balaban J connectivity index is 1.16. The number of aryl methyl sites for hydroxylation is 1. The van der Waals surface area contributed by atoms with E-state index in [1.54, 1.807) is 0 Å². The van der Waals surface area contributed by atoms with E-state index in [0.29, 0.717) is 17.5 Å². The molecule has 0 fully saturated rings. The third-order valence-electron chi connectivity index (χ3n) is 9.80. The summed E-state index contributed by atoms with van der Waals surface area (Å²) in [7, 11) is 0. The number of para-hydroxylation sites is 3. The lowest BCUT2D eigenvalue weighted by Crippen LogP contribution is -2.01. The van der Waals surface area contributed by atoms with Crippen molar-refractivity contribution in [1.29, 1.82) is 0 Å². The van der Waals surface area contributed by atoms with E-state index in [0.717, 1.165) is 44.7 Å². The molecular formula is C46H31N5. The predicted octanol–water partition coefficient (Wildman–Crippen LogP) is 11.4. The average molecular weight is 654 g/mol. The monoisotopic (exact) mass is 653 g/mol. The molecule has 3 aromatic heterocycles. The zero-order valence-electron chi connectivity index (χ0n) is 27.9. The van der Waals surface area contributed by atoms with Crippen LogP contribution in [-0.4, -0.2) is 24.1 Å². The first-order valence-corrected chi connectivity index (χ1v) is 17.2. The van der Waals surface area contributed by atoms with Crippen LogP contribution in [0.15, 0.2) is 170 Å². The predicted molar refractivity (Wildman–Crippen MR) is 210 cm³/mol. The van der Waals surface area contributed by atoms with Gasteiger partial charge in [-0.05, 0) is 61.5 Å². The Labute approximate surface area is 294 Å². The van der Waals surface area contributed by atoms with Gasteiger partial charge >= 0.3 is 0 Å². The Bertz CT molecular complexity index is 2880. The van der Waals surface area contributed by atoms with Gasteiger partial charge in [-0.3, -0.25) is 0 Å². The third-order valence-corrected chi connectivity index (χ3v) is 9.80.